The standard InChI is InChI=1S/C26H30NOSi.C12H10N.Ir/c1-7-19(17(2)3)18-12-14-22(27-16-18)20-13-15-24(29(4,5)6)25-21-10-8-9-11-23(21)28-26(20)25;1-10-7-8-12(13-9-10)11-5-3-2-4-6-11;/h8-12,14-17,19H,7H2,1-6H3;2-5,7-9H,1H3;/q2*-1;. The van der Waals surface area contributed by atoms with Crippen molar-refractivity contribution >= 4 is 35.2 Å². The quantitative estimate of drug-likeness (QED) is 0.125. The SMILES string of the molecule is CCC(c1ccc(-c2[c-]cc([Si](C)(C)C)c3c2oc2ccccc23)nc1)C(C)C.Cc1ccc(-c2[c-]cccc2)nc1.[Ir]. The van der Waals surface area contributed by atoms with E-state index in [1.165, 1.54) is 27.1 Å². The molecule has 0 spiro atoms. The summed E-state index contributed by atoms with van der Waals surface area (Å²) in [4.78, 5) is 9.15. The molecule has 6 rings (SSSR count). The van der Waals surface area contributed by atoms with Gasteiger partial charge in [-0.2, -0.15) is 0 Å². The first-order valence-corrected chi connectivity index (χ1v) is 18.4. The van der Waals surface area contributed by atoms with Crippen LogP contribution in [0.15, 0.2) is 95.7 Å². The molecule has 0 N–H and O–H groups in total. The van der Waals surface area contributed by atoms with E-state index in [9.17, 15) is 0 Å². The van der Waals surface area contributed by atoms with Crippen molar-refractivity contribution in [3.05, 3.63) is 115 Å². The minimum absolute atomic E-state index is 0. The van der Waals surface area contributed by atoms with Gasteiger partial charge in [0.2, 0.25) is 0 Å². The van der Waals surface area contributed by atoms with Gasteiger partial charge >= 0.3 is 0 Å². The van der Waals surface area contributed by atoms with Gasteiger partial charge in [0.1, 0.15) is 5.58 Å². The zero-order chi connectivity index (χ0) is 29.9. The fourth-order valence-electron chi connectivity index (χ4n) is 5.60. The van der Waals surface area contributed by atoms with E-state index in [2.05, 4.69) is 100.0 Å². The molecule has 6 aromatic rings. The van der Waals surface area contributed by atoms with Crippen LogP contribution < -0.4 is 5.19 Å². The second-order valence-electron chi connectivity index (χ2n) is 12.4. The van der Waals surface area contributed by atoms with Crippen LogP contribution in [0.5, 0.6) is 0 Å². The Labute approximate surface area is 271 Å². The van der Waals surface area contributed by atoms with Crippen LogP contribution in [0.25, 0.3) is 44.5 Å². The summed E-state index contributed by atoms with van der Waals surface area (Å²) in [5.74, 6) is 1.15. The average Bonchev–Trinajstić information content (AvgIpc) is 3.38. The molecule has 1 radical (unpaired) electrons. The first kappa shape index (κ1) is 32.5. The first-order valence-electron chi connectivity index (χ1n) is 14.9. The molecule has 3 heterocycles. The molecule has 1 unspecified atom stereocenters. The third kappa shape index (κ3) is 7.24. The minimum Gasteiger partial charge on any atom is -0.501 e. The maximum Gasteiger partial charge on any atom is 0.120 e. The van der Waals surface area contributed by atoms with Gasteiger partial charge < -0.3 is 14.4 Å². The molecular formula is C38H40IrN2OSi-2. The summed E-state index contributed by atoms with van der Waals surface area (Å²) >= 11 is 0. The molecule has 1 atom stereocenters. The second-order valence-corrected chi connectivity index (χ2v) is 17.4. The molecule has 0 amide bonds. The van der Waals surface area contributed by atoms with Crippen molar-refractivity contribution in [1.29, 1.82) is 0 Å². The molecular weight excluding hydrogens is 721 g/mol. The number of aryl methyl sites for hydroxylation is 1. The van der Waals surface area contributed by atoms with E-state index in [0.29, 0.717) is 11.8 Å². The molecule has 0 aliphatic heterocycles. The number of hydrogen-bond donors (Lipinski definition) is 0. The molecule has 0 fully saturated rings. The summed E-state index contributed by atoms with van der Waals surface area (Å²) in [6.45, 7) is 16.0. The molecule has 0 bridgehead atoms. The fraction of sp³-hybridized carbons (Fsp3) is 0.263. The largest absolute Gasteiger partial charge is 0.501 e. The van der Waals surface area contributed by atoms with Crippen LogP contribution in [0.1, 0.15) is 44.2 Å². The molecule has 0 aliphatic carbocycles. The maximum atomic E-state index is 6.36. The molecule has 223 valence electrons. The van der Waals surface area contributed by atoms with Crippen molar-refractivity contribution in [3.63, 3.8) is 0 Å². The summed E-state index contributed by atoms with van der Waals surface area (Å²) in [5, 5.41) is 3.83. The van der Waals surface area contributed by atoms with Gasteiger partial charge in [-0.3, -0.25) is 0 Å². The van der Waals surface area contributed by atoms with Crippen molar-refractivity contribution in [3.8, 4) is 22.5 Å². The van der Waals surface area contributed by atoms with Crippen LogP contribution in [0, 0.1) is 25.0 Å². The molecule has 3 nitrogen and oxygen atoms in total. The minimum atomic E-state index is -1.56. The van der Waals surface area contributed by atoms with Crippen molar-refractivity contribution in [2.45, 2.75) is 59.7 Å². The number of rotatable bonds is 6. The molecule has 0 saturated heterocycles. The Kier molecular flexibility index (Phi) is 10.6. The van der Waals surface area contributed by atoms with E-state index in [1.54, 1.807) is 0 Å². The molecule has 0 aliphatic rings. The topological polar surface area (TPSA) is 38.9 Å². The fourth-order valence-corrected chi connectivity index (χ4v) is 7.10. The number of nitrogens with zero attached hydrogens (tertiary/aromatic N) is 2. The third-order valence-corrected chi connectivity index (χ3v) is 9.88. The second kappa shape index (κ2) is 13.9. The van der Waals surface area contributed by atoms with E-state index in [4.69, 9.17) is 9.40 Å². The van der Waals surface area contributed by atoms with Gasteiger partial charge in [0.25, 0.3) is 0 Å². The van der Waals surface area contributed by atoms with Crippen LogP contribution in [-0.4, -0.2) is 18.0 Å². The monoisotopic (exact) mass is 761 g/mol. The van der Waals surface area contributed by atoms with Gasteiger partial charge in [-0.15, -0.1) is 53.2 Å². The van der Waals surface area contributed by atoms with Crippen molar-refractivity contribution in [2.24, 2.45) is 5.92 Å². The first-order chi connectivity index (χ1) is 20.2. The predicted octanol–water partition coefficient (Wildman–Crippen LogP) is 10.00. The summed E-state index contributed by atoms with van der Waals surface area (Å²) in [7, 11) is -1.56. The van der Waals surface area contributed by atoms with E-state index in [1.807, 2.05) is 55.7 Å². The van der Waals surface area contributed by atoms with Crippen LogP contribution in [0.2, 0.25) is 19.6 Å². The Bertz CT molecular complexity index is 1770. The summed E-state index contributed by atoms with van der Waals surface area (Å²) in [6.07, 6.45) is 5.04. The predicted molar refractivity (Wildman–Crippen MR) is 180 cm³/mol. The summed E-state index contributed by atoms with van der Waals surface area (Å²) in [5.41, 5.74) is 8.26. The Morgan fingerprint density at radius 3 is 2.16 bits per heavy atom. The third-order valence-electron chi connectivity index (χ3n) is 7.87. The average molecular weight is 761 g/mol. The van der Waals surface area contributed by atoms with E-state index in [-0.39, 0.29) is 20.1 Å². The van der Waals surface area contributed by atoms with Crippen LogP contribution in [0.4, 0.5) is 0 Å². The van der Waals surface area contributed by atoms with Crippen LogP contribution in [0.3, 0.4) is 0 Å². The molecule has 5 heteroatoms. The molecule has 3 aromatic heterocycles. The Balaban J connectivity index is 0.000000253. The van der Waals surface area contributed by atoms with Gasteiger partial charge in [-0.1, -0.05) is 93.8 Å². The number of furan rings is 1. The van der Waals surface area contributed by atoms with Gasteiger partial charge in [0.05, 0.1) is 5.58 Å². The van der Waals surface area contributed by atoms with Gasteiger partial charge in [0.15, 0.2) is 0 Å². The number of para-hydroxylation sites is 1. The van der Waals surface area contributed by atoms with Crippen molar-refractivity contribution < 1.29 is 24.5 Å². The van der Waals surface area contributed by atoms with Crippen LogP contribution in [-0.2, 0) is 20.1 Å². The number of hydrogen-bond acceptors (Lipinski definition) is 3. The normalized spacial score (nSPS) is 12.1. The number of pyridine rings is 2. The van der Waals surface area contributed by atoms with E-state index < -0.39 is 8.07 Å². The Morgan fingerprint density at radius 2 is 1.56 bits per heavy atom. The van der Waals surface area contributed by atoms with Crippen molar-refractivity contribution in [2.75, 3.05) is 0 Å². The summed E-state index contributed by atoms with van der Waals surface area (Å²) in [6, 6.07) is 33.5. The Hall–Kier alpha value is -3.37. The molecule has 43 heavy (non-hydrogen) atoms. The number of aromatic nitrogens is 2. The zero-order valence-electron chi connectivity index (χ0n) is 26.2. The Morgan fingerprint density at radius 1 is 0.837 bits per heavy atom. The smallest absolute Gasteiger partial charge is 0.120 e. The van der Waals surface area contributed by atoms with Gasteiger partial charge in [-0.25, -0.2) is 0 Å². The van der Waals surface area contributed by atoms with E-state index in [0.717, 1.165) is 40.1 Å². The zero-order valence-corrected chi connectivity index (χ0v) is 29.6. The number of benzene rings is 3. The van der Waals surface area contributed by atoms with Crippen molar-refractivity contribution in [1.82, 2.24) is 9.97 Å². The number of fused-ring (bicyclic) bond motifs is 3. The molecule has 0 saturated carbocycles. The molecule has 3 aromatic carbocycles. The van der Waals surface area contributed by atoms with E-state index >= 15 is 0 Å². The van der Waals surface area contributed by atoms with Gasteiger partial charge in [-0.05, 0) is 53.8 Å². The van der Waals surface area contributed by atoms with Gasteiger partial charge in [0, 0.05) is 46.0 Å². The van der Waals surface area contributed by atoms with Crippen LogP contribution >= 0.6 is 0 Å². The maximum absolute atomic E-state index is 6.36. The summed E-state index contributed by atoms with van der Waals surface area (Å²) < 4.78 is 6.36.